The van der Waals surface area contributed by atoms with Gasteiger partial charge in [-0.2, -0.15) is 10.4 Å². The van der Waals surface area contributed by atoms with Crippen molar-refractivity contribution >= 4 is 17.5 Å². The molecule has 0 atom stereocenters. The Morgan fingerprint density at radius 2 is 2.07 bits per heavy atom. The summed E-state index contributed by atoms with van der Waals surface area (Å²) in [5, 5.41) is 18.3. The van der Waals surface area contributed by atoms with Gasteiger partial charge in [-0.15, -0.1) is 0 Å². The van der Waals surface area contributed by atoms with Gasteiger partial charge in [-0.1, -0.05) is 12.1 Å². The molecule has 1 aliphatic rings. The quantitative estimate of drug-likeness (QED) is 0.640. The van der Waals surface area contributed by atoms with Crippen molar-refractivity contribution in [3.05, 3.63) is 54.2 Å². The summed E-state index contributed by atoms with van der Waals surface area (Å²) >= 11 is 0. The van der Waals surface area contributed by atoms with Crippen LogP contribution in [0, 0.1) is 17.1 Å². The average Bonchev–Trinajstić information content (AvgIpc) is 3.47. The van der Waals surface area contributed by atoms with Gasteiger partial charge in [-0.25, -0.2) is 14.4 Å². The highest BCUT2D eigenvalue weighted by atomic mass is 19.1. The van der Waals surface area contributed by atoms with Crippen molar-refractivity contribution in [2.75, 3.05) is 11.9 Å². The molecule has 0 unspecified atom stereocenters. The van der Waals surface area contributed by atoms with Gasteiger partial charge < -0.3 is 10.6 Å². The molecule has 9 heteroatoms. The van der Waals surface area contributed by atoms with Gasteiger partial charge in [-0.05, 0) is 25.0 Å². The van der Waals surface area contributed by atoms with Crippen LogP contribution in [0.4, 0.5) is 16.0 Å². The van der Waals surface area contributed by atoms with E-state index in [4.69, 9.17) is 5.26 Å². The van der Waals surface area contributed by atoms with Crippen LogP contribution in [0.3, 0.4) is 0 Å². The standard InChI is InChI=1S/C19H16FN7O/c20-16-10-23-19(25-14-9-24-27(11-14)15-5-6-15)26-17(16)12-1-3-13(4-2-12)18(28)22-8-7-21/h1-4,9-11,15H,5-6,8H2,(H,22,28)(H,23,25,26). The third-order valence-electron chi connectivity index (χ3n) is 4.27. The van der Waals surface area contributed by atoms with E-state index >= 15 is 0 Å². The topological polar surface area (TPSA) is 109 Å². The lowest BCUT2D eigenvalue weighted by atomic mass is 10.1. The molecule has 0 spiro atoms. The normalized spacial score (nSPS) is 13.0. The molecule has 2 aromatic heterocycles. The zero-order valence-corrected chi connectivity index (χ0v) is 14.8. The zero-order chi connectivity index (χ0) is 19.5. The lowest BCUT2D eigenvalue weighted by Gasteiger charge is -2.07. The molecule has 0 aliphatic heterocycles. The molecular formula is C19H16FN7O. The van der Waals surface area contributed by atoms with Gasteiger partial charge in [0.1, 0.15) is 12.2 Å². The van der Waals surface area contributed by atoms with Gasteiger partial charge in [0.25, 0.3) is 5.91 Å². The molecule has 1 aliphatic carbocycles. The van der Waals surface area contributed by atoms with Gasteiger partial charge >= 0.3 is 0 Å². The number of nitrogens with one attached hydrogen (secondary N) is 2. The van der Waals surface area contributed by atoms with Crippen molar-refractivity contribution in [3.8, 4) is 17.3 Å². The Labute approximate surface area is 160 Å². The van der Waals surface area contributed by atoms with Crippen LogP contribution in [0.5, 0.6) is 0 Å². The van der Waals surface area contributed by atoms with E-state index in [1.54, 1.807) is 30.5 Å². The number of hydrogen-bond acceptors (Lipinski definition) is 6. The molecule has 2 heterocycles. The number of anilines is 2. The summed E-state index contributed by atoms with van der Waals surface area (Å²) in [6.45, 7) is -0.0759. The Hall–Kier alpha value is -3.80. The fourth-order valence-electron chi connectivity index (χ4n) is 2.70. The summed E-state index contributed by atoms with van der Waals surface area (Å²) in [4.78, 5) is 20.1. The third-order valence-corrected chi connectivity index (χ3v) is 4.27. The van der Waals surface area contributed by atoms with Crippen LogP contribution in [-0.2, 0) is 0 Å². The molecule has 0 saturated heterocycles. The highest BCUT2D eigenvalue weighted by molar-refractivity contribution is 5.94. The van der Waals surface area contributed by atoms with Gasteiger partial charge in [-0.3, -0.25) is 9.48 Å². The molecule has 4 rings (SSSR count). The number of amides is 1. The van der Waals surface area contributed by atoms with Crippen molar-refractivity contribution in [2.45, 2.75) is 18.9 Å². The van der Waals surface area contributed by atoms with Crippen LogP contribution in [0.1, 0.15) is 29.2 Å². The smallest absolute Gasteiger partial charge is 0.252 e. The van der Waals surface area contributed by atoms with E-state index in [0.29, 0.717) is 17.2 Å². The lowest BCUT2D eigenvalue weighted by Crippen LogP contribution is -2.23. The summed E-state index contributed by atoms with van der Waals surface area (Å²) in [6.07, 6.45) is 6.91. The fraction of sp³-hybridized carbons (Fsp3) is 0.211. The van der Waals surface area contributed by atoms with E-state index in [1.807, 2.05) is 16.9 Å². The molecule has 0 radical (unpaired) electrons. The monoisotopic (exact) mass is 377 g/mol. The number of rotatable bonds is 6. The van der Waals surface area contributed by atoms with Crippen LogP contribution in [0.2, 0.25) is 0 Å². The number of benzene rings is 1. The molecule has 140 valence electrons. The molecule has 3 aromatic rings. The maximum absolute atomic E-state index is 14.3. The molecule has 1 amide bonds. The largest absolute Gasteiger partial charge is 0.339 e. The Balaban J connectivity index is 1.53. The van der Waals surface area contributed by atoms with Crippen LogP contribution < -0.4 is 10.6 Å². The second-order valence-corrected chi connectivity index (χ2v) is 6.37. The van der Waals surface area contributed by atoms with Gasteiger partial charge in [0.05, 0.1) is 30.2 Å². The van der Waals surface area contributed by atoms with E-state index in [2.05, 4.69) is 25.7 Å². The van der Waals surface area contributed by atoms with E-state index in [1.165, 1.54) is 0 Å². The minimum atomic E-state index is -0.569. The maximum atomic E-state index is 14.3. The average molecular weight is 377 g/mol. The Morgan fingerprint density at radius 3 is 2.79 bits per heavy atom. The van der Waals surface area contributed by atoms with Crippen molar-refractivity contribution in [1.82, 2.24) is 25.1 Å². The number of aromatic nitrogens is 4. The summed E-state index contributed by atoms with van der Waals surface area (Å²) in [5.41, 5.74) is 1.73. The molecule has 1 fully saturated rings. The minimum Gasteiger partial charge on any atom is -0.339 e. The molecule has 2 N–H and O–H groups in total. The fourth-order valence-corrected chi connectivity index (χ4v) is 2.70. The van der Waals surface area contributed by atoms with Crippen molar-refractivity contribution in [1.29, 1.82) is 5.26 Å². The lowest BCUT2D eigenvalue weighted by molar-refractivity contribution is 0.0958. The van der Waals surface area contributed by atoms with E-state index in [0.717, 1.165) is 24.7 Å². The second-order valence-electron chi connectivity index (χ2n) is 6.37. The first-order valence-corrected chi connectivity index (χ1v) is 8.73. The predicted molar refractivity (Wildman–Crippen MR) is 99.2 cm³/mol. The number of hydrogen-bond donors (Lipinski definition) is 2. The first-order chi connectivity index (χ1) is 13.6. The number of nitriles is 1. The van der Waals surface area contributed by atoms with Crippen LogP contribution in [0.25, 0.3) is 11.3 Å². The molecule has 1 aromatic carbocycles. The number of halogens is 1. The molecule has 0 bridgehead atoms. The van der Waals surface area contributed by atoms with Crippen molar-refractivity contribution in [2.24, 2.45) is 0 Å². The van der Waals surface area contributed by atoms with Gasteiger partial charge in [0, 0.05) is 17.3 Å². The highest BCUT2D eigenvalue weighted by Gasteiger charge is 2.24. The maximum Gasteiger partial charge on any atom is 0.252 e. The second kappa shape index (κ2) is 7.44. The minimum absolute atomic E-state index is 0.0759. The highest BCUT2D eigenvalue weighted by Crippen LogP contribution is 2.34. The molecular weight excluding hydrogens is 361 g/mol. The summed E-state index contributed by atoms with van der Waals surface area (Å²) in [7, 11) is 0. The van der Waals surface area contributed by atoms with Gasteiger partial charge in [0.2, 0.25) is 5.95 Å². The first kappa shape index (κ1) is 17.6. The number of nitrogens with zero attached hydrogens (tertiary/aromatic N) is 5. The molecule has 1 saturated carbocycles. The Kier molecular flexibility index (Phi) is 4.68. The van der Waals surface area contributed by atoms with E-state index < -0.39 is 5.82 Å². The zero-order valence-electron chi connectivity index (χ0n) is 14.8. The van der Waals surface area contributed by atoms with E-state index in [-0.39, 0.29) is 24.1 Å². The van der Waals surface area contributed by atoms with Gasteiger partial charge in [0.15, 0.2) is 5.82 Å². The van der Waals surface area contributed by atoms with Crippen molar-refractivity contribution in [3.63, 3.8) is 0 Å². The first-order valence-electron chi connectivity index (χ1n) is 8.73. The van der Waals surface area contributed by atoms with Crippen molar-refractivity contribution < 1.29 is 9.18 Å². The third kappa shape index (κ3) is 3.81. The molecule has 8 nitrogen and oxygen atoms in total. The SMILES string of the molecule is N#CCNC(=O)c1ccc(-c2nc(Nc3cnn(C4CC4)c3)ncc2F)cc1. The Bertz CT molecular complexity index is 1050. The Morgan fingerprint density at radius 1 is 1.29 bits per heavy atom. The number of carbonyl (C=O) groups excluding carboxylic acids is 1. The predicted octanol–water partition coefficient (Wildman–Crippen LogP) is 2.81. The summed E-state index contributed by atoms with van der Waals surface area (Å²) in [5.74, 6) is -0.685. The summed E-state index contributed by atoms with van der Waals surface area (Å²) in [6, 6.07) is 8.60. The van der Waals surface area contributed by atoms with E-state index in [9.17, 15) is 9.18 Å². The van der Waals surface area contributed by atoms with Crippen LogP contribution in [-0.4, -0.2) is 32.2 Å². The number of carbonyl (C=O) groups is 1. The molecule has 28 heavy (non-hydrogen) atoms. The summed E-state index contributed by atoms with van der Waals surface area (Å²) < 4.78 is 16.1. The van der Waals surface area contributed by atoms with Crippen LogP contribution in [0.15, 0.2) is 42.9 Å². The van der Waals surface area contributed by atoms with Crippen LogP contribution >= 0.6 is 0 Å².